The van der Waals surface area contributed by atoms with Gasteiger partial charge in [-0.2, -0.15) is 0 Å². The van der Waals surface area contributed by atoms with Crippen molar-refractivity contribution in [3.8, 4) is 11.5 Å². The number of rotatable bonds is 6. The van der Waals surface area contributed by atoms with Crippen molar-refractivity contribution in [2.75, 3.05) is 44.4 Å². The molecule has 7 nitrogen and oxygen atoms in total. The first-order valence-corrected chi connectivity index (χ1v) is 9.19. The summed E-state index contributed by atoms with van der Waals surface area (Å²) >= 11 is 0. The molecule has 0 aliphatic carbocycles. The highest BCUT2D eigenvalue weighted by atomic mass is 32.2. The van der Waals surface area contributed by atoms with Crippen molar-refractivity contribution < 1.29 is 22.7 Å². The molecule has 1 aromatic carbocycles. The number of carbonyl (C=O) groups is 1. The summed E-state index contributed by atoms with van der Waals surface area (Å²) in [5.41, 5.74) is 0.323. The monoisotopic (exact) mass is 342 g/mol. The Kier molecular flexibility index (Phi) is 5.35. The summed E-state index contributed by atoms with van der Waals surface area (Å²) in [5.74, 6) is 0.680. The molecular weight excluding hydrogens is 320 g/mol. The van der Waals surface area contributed by atoms with Gasteiger partial charge in [0.2, 0.25) is 15.9 Å². The first-order valence-electron chi connectivity index (χ1n) is 7.34. The number of hydrogen-bond donors (Lipinski definition) is 0. The van der Waals surface area contributed by atoms with Gasteiger partial charge in [-0.1, -0.05) is 0 Å². The fourth-order valence-corrected chi connectivity index (χ4v) is 3.41. The lowest BCUT2D eigenvalue weighted by Crippen LogP contribution is -2.41. The van der Waals surface area contributed by atoms with Crippen LogP contribution in [0.3, 0.4) is 0 Å². The number of likely N-dealkylation sites (tertiary alicyclic amines) is 1. The van der Waals surface area contributed by atoms with Crippen LogP contribution < -0.4 is 13.8 Å². The molecule has 8 heteroatoms. The van der Waals surface area contributed by atoms with Gasteiger partial charge in [0.25, 0.3) is 0 Å². The summed E-state index contributed by atoms with van der Waals surface area (Å²) in [6.07, 6.45) is 2.99. The Morgan fingerprint density at radius 1 is 1.22 bits per heavy atom. The second kappa shape index (κ2) is 7.08. The lowest BCUT2D eigenvalue weighted by Gasteiger charge is -2.26. The molecule has 23 heavy (non-hydrogen) atoms. The van der Waals surface area contributed by atoms with Gasteiger partial charge in [-0.15, -0.1) is 0 Å². The van der Waals surface area contributed by atoms with Gasteiger partial charge in [-0.05, 0) is 25.0 Å². The Bertz CT molecular complexity index is 668. The van der Waals surface area contributed by atoms with Crippen LogP contribution in [0.25, 0.3) is 0 Å². The largest absolute Gasteiger partial charge is 0.497 e. The fourth-order valence-electron chi connectivity index (χ4n) is 2.56. The second-order valence-electron chi connectivity index (χ2n) is 5.40. The van der Waals surface area contributed by atoms with Gasteiger partial charge in [-0.3, -0.25) is 9.10 Å². The first kappa shape index (κ1) is 17.4. The first-order chi connectivity index (χ1) is 10.9. The Morgan fingerprint density at radius 3 is 2.39 bits per heavy atom. The molecule has 1 saturated heterocycles. The van der Waals surface area contributed by atoms with E-state index in [9.17, 15) is 13.2 Å². The van der Waals surface area contributed by atoms with Crippen LogP contribution in [0, 0.1) is 0 Å². The molecule has 2 rings (SSSR count). The summed E-state index contributed by atoms with van der Waals surface area (Å²) in [4.78, 5) is 14.0. The quantitative estimate of drug-likeness (QED) is 0.773. The van der Waals surface area contributed by atoms with Gasteiger partial charge in [0.1, 0.15) is 18.0 Å². The third-order valence-corrected chi connectivity index (χ3v) is 4.92. The molecule has 0 unspecified atom stereocenters. The zero-order valence-corrected chi connectivity index (χ0v) is 14.4. The van der Waals surface area contributed by atoms with Crippen molar-refractivity contribution >= 4 is 21.6 Å². The van der Waals surface area contributed by atoms with E-state index in [0.29, 0.717) is 30.3 Å². The van der Waals surface area contributed by atoms with E-state index in [2.05, 4.69) is 0 Å². The Balaban J connectivity index is 2.34. The van der Waals surface area contributed by atoms with E-state index in [4.69, 9.17) is 9.47 Å². The van der Waals surface area contributed by atoms with E-state index in [1.165, 1.54) is 14.2 Å². The predicted octanol–water partition coefficient (Wildman–Crippen LogP) is 1.09. The van der Waals surface area contributed by atoms with Crippen LogP contribution in [0.15, 0.2) is 18.2 Å². The second-order valence-corrected chi connectivity index (χ2v) is 7.30. The Hall–Kier alpha value is -1.96. The maximum atomic E-state index is 12.4. The summed E-state index contributed by atoms with van der Waals surface area (Å²) < 4.78 is 35.8. The minimum absolute atomic E-state index is 0.203. The molecule has 1 fully saturated rings. The molecule has 0 aromatic heterocycles. The smallest absolute Gasteiger partial charge is 0.243 e. The molecule has 1 aliphatic rings. The molecule has 1 amide bonds. The molecule has 1 aliphatic heterocycles. The van der Waals surface area contributed by atoms with E-state index in [0.717, 1.165) is 23.4 Å². The SMILES string of the molecule is COc1ccc(N(CC(=O)N2CCCC2)S(C)(=O)=O)c(OC)c1. The zero-order valence-electron chi connectivity index (χ0n) is 13.6. The predicted molar refractivity (Wildman–Crippen MR) is 87.5 cm³/mol. The van der Waals surface area contributed by atoms with Gasteiger partial charge in [0.05, 0.1) is 26.2 Å². The maximum Gasteiger partial charge on any atom is 0.243 e. The number of methoxy groups -OCH3 is 2. The van der Waals surface area contributed by atoms with Crippen LogP contribution >= 0.6 is 0 Å². The summed E-state index contributed by atoms with van der Waals surface area (Å²) in [6.45, 7) is 1.12. The van der Waals surface area contributed by atoms with Crippen molar-refractivity contribution in [3.63, 3.8) is 0 Å². The Morgan fingerprint density at radius 2 is 1.87 bits per heavy atom. The zero-order chi connectivity index (χ0) is 17.0. The van der Waals surface area contributed by atoms with Crippen molar-refractivity contribution in [1.82, 2.24) is 4.90 Å². The minimum Gasteiger partial charge on any atom is -0.497 e. The molecular formula is C15H22N2O5S. The standard InChI is InChI=1S/C15H22N2O5S/c1-21-12-6-7-13(14(10-12)22-2)17(23(3,19)20)11-15(18)16-8-4-5-9-16/h6-7,10H,4-5,8-9,11H2,1-3H3. The van der Waals surface area contributed by atoms with E-state index < -0.39 is 10.0 Å². The number of hydrogen-bond acceptors (Lipinski definition) is 5. The maximum absolute atomic E-state index is 12.4. The number of benzene rings is 1. The molecule has 0 N–H and O–H groups in total. The number of sulfonamides is 1. The van der Waals surface area contributed by atoms with Crippen LogP contribution in [-0.4, -0.2) is 59.3 Å². The Labute approximate surface area is 136 Å². The topological polar surface area (TPSA) is 76.2 Å². The van der Waals surface area contributed by atoms with Gasteiger partial charge in [0.15, 0.2) is 0 Å². The fraction of sp³-hybridized carbons (Fsp3) is 0.533. The number of ether oxygens (including phenoxy) is 2. The van der Waals surface area contributed by atoms with E-state index >= 15 is 0 Å². The van der Waals surface area contributed by atoms with Gasteiger partial charge in [-0.25, -0.2) is 8.42 Å². The highest BCUT2D eigenvalue weighted by Crippen LogP contribution is 2.33. The van der Waals surface area contributed by atoms with Gasteiger partial charge in [0, 0.05) is 19.2 Å². The van der Waals surface area contributed by atoms with Crippen molar-refractivity contribution in [3.05, 3.63) is 18.2 Å². The van der Waals surface area contributed by atoms with E-state index in [1.54, 1.807) is 23.1 Å². The van der Waals surface area contributed by atoms with E-state index in [-0.39, 0.29) is 12.5 Å². The third kappa shape index (κ3) is 4.07. The van der Waals surface area contributed by atoms with E-state index in [1.807, 2.05) is 0 Å². The molecule has 1 heterocycles. The summed E-state index contributed by atoms with van der Waals surface area (Å²) in [5, 5.41) is 0. The van der Waals surface area contributed by atoms with Gasteiger partial charge >= 0.3 is 0 Å². The molecule has 0 atom stereocenters. The molecule has 0 saturated carbocycles. The third-order valence-electron chi connectivity index (χ3n) is 3.79. The normalized spacial score (nSPS) is 14.7. The minimum atomic E-state index is -3.63. The van der Waals surface area contributed by atoms with Crippen LogP contribution in [-0.2, 0) is 14.8 Å². The highest BCUT2D eigenvalue weighted by Gasteiger charge is 2.27. The van der Waals surface area contributed by atoms with Crippen molar-refractivity contribution in [2.45, 2.75) is 12.8 Å². The number of carbonyl (C=O) groups excluding carboxylic acids is 1. The highest BCUT2D eigenvalue weighted by molar-refractivity contribution is 7.92. The van der Waals surface area contributed by atoms with Crippen LogP contribution in [0.4, 0.5) is 5.69 Å². The summed E-state index contributed by atoms with van der Waals surface area (Å²) in [6, 6.07) is 4.81. The number of amides is 1. The average molecular weight is 342 g/mol. The number of anilines is 1. The number of nitrogens with zero attached hydrogens (tertiary/aromatic N) is 2. The van der Waals surface area contributed by atoms with Crippen LogP contribution in [0.5, 0.6) is 11.5 Å². The molecule has 0 spiro atoms. The lowest BCUT2D eigenvalue weighted by molar-refractivity contribution is -0.128. The molecule has 0 bridgehead atoms. The van der Waals surface area contributed by atoms with Crippen LogP contribution in [0.2, 0.25) is 0 Å². The lowest BCUT2D eigenvalue weighted by atomic mass is 10.2. The van der Waals surface area contributed by atoms with Crippen molar-refractivity contribution in [2.24, 2.45) is 0 Å². The van der Waals surface area contributed by atoms with Gasteiger partial charge < -0.3 is 14.4 Å². The average Bonchev–Trinajstić information content (AvgIpc) is 3.05. The van der Waals surface area contributed by atoms with Crippen molar-refractivity contribution in [1.29, 1.82) is 0 Å². The summed E-state index contributed by atoms with van der Waals surface area (Å²) in [7, 11) is -0.671. The molecule has 128 valence electrons. The van der Waals surface area contributed by atoms with Crippen LogP contribution in [0.1, 0.15) is 12.8 Å². The molecule has 1 aromatic rings. The molecule has 0 radical (unpaired) electrons.